The fourth-order valence-electron chi connectivity index (χ4n) is 2.34. The van der Waals surface area contributed by atoms with E-state index in [4.69, 9.17) is 8.92 Å². The number of rotatable bonds is 10. The number of ether oxygens (including phenoxy) is 1. The van der Waals surface area contributed by atoms with Crippen LogP contribution in [0.1, 0.15) is 52.5 Å². The Morgan fingerprint density at radius 3 is 2.40 bits per heavy atom. The van der Waals surface area contributed by atoms with Crippen LogP contribution in [0.15, 0.2) is 18.2 Å². The lowest BCUT2D eigenvalue weighted by molar-refractivity contribution is -0.134. The van der Waals surface area contributed by atoms with Crippen LogP contribution in [0.2, 0.25) is 0 Å². The molecule has 0 aliphatic rings. The topological polar surface area (TPSA) is 72.9 Å². The van der Waals surface area contributed by atoms with Crippen molar-refractivity contribution >= 4 is 16.0 Å². The molecule has 1 aromatic rings. The van der Waals surface area contributed by atoms with Crippen LogP contribution in [0.3, 0.4) is 0 Å². The van der Waals surface area contributed by atoms with Gasteiger partial charge in [0, 0.05) is 19.0 Å². The Bertz CT molecular complexity index is 672. The molecule has 0 saturated carbocycles. The normalized spacial score (nSPS) is 12.5. The average Bonchev–Trinajstić information content (AvgIpc) is 2.59. The molecule has 25 heavy (non-hydrogen) atoms. The van der Waals surface area contributed by atoms with Crippen molar-refractivity contribution in [1.29, 1.82) is 0 Å². The maximum atomic E-state index is 12.4. The Labute approximate surface area is 151 Å². The monoisotopic (exact) mass is 371 g/mol. The zero-order valence-corrected chi connectivity index (χ0v) is 16.6. The zero-order valence-electron chi connectivity index (χ0n) is 15.7. The van der Waals surface area contributed by atoms with Gasteiger partial charge in [0.05, 0.1) is 12.9 Å². The molecule has 1 unspecified atom stereocenters. The molecule has 6 nitrogen and oxygen atoms in total. The van der Waals surface area contributed by atoms with Crippen LogP contribution in [0.5, 0.6) is 11.5 Å². The molecular formula is C18H29NO5S. The number of hydrogen-bond donors (Lipinski definition) is 0. The fourth-order valence-corrected chi connectivity index (χ4v) is 2.87. The van der Waals surface area contributed by atoms with Crippen molar-refractivity contribution in [2.24, 2.45) is 0 Å². The molecule has 0 spiro atoms. The zero-order chi connectivity index (χ0) is 19.0. The third kappa shape index (κ3) is 6.23. The van der Waals surface area contributed by atoms with Gasteiger partial charge in [0.1, 0.15) is 0 Å². The second-order valence-corrected chi connectivity index (χ2v) is 7.80. The SMILES string of the molecule is CCCC(=O)N(Cc1ccc(OC)c(OS(=O)(=O)CC)c1)C(C)CC. The van der Waals surface area contributed by atoms with E-state index in [2.05, 4.69) is 0 Å². The van der Waals surface area contributed by atoms with E-state index in [1.165, 1.54) is 14.0 Å². The highest BCUT2D eigenvalue weighted by atomic mass is 32.2. The molecule has 142 valence electrons. The summed E-state index contributed by atoms with van der Waals surface area (Å²) >= 11 is 0. The largest absolute Gasteiger partial charge is 0.493 e. The molecule has 0 N–H and O–H groups in total. The lowest BCUT2D eigenvalue weighted by atomic mass is 10.1. The second-order valence-electron chi connectivity index (χ2n) is 5.94. The summed E-state index contributed by atoms with van der Waals surface area (Å²) in [5.74, 6) is 0.454. The summed E-state index contributed by atoms with van der Waals surface area (Å²) in [4.78, 5) is 14.2. The molecule has 0 aliphatic carbocycles. The van der Waals surface area contributed by atoms with Gasteiger partial charge in [-0.25, -0.2) is 0 Å². The van der Waals surface area contributed by atoms with Gasteiger partial charge in [-0.3, -0.25) is 4.79 Å². The van der Waals surface area contributed by atoms with Gasteiger partial charge in [-0.2, -0.15) is 8.42 Å². The van der Waals surface area contributed by atoms with E-state index in [0.29, 0.717) is 18.7 Å². The van der Waals surface area contributed by atoms with Crippen molar-refractivity contribution in [3.8, 4) is 11.5 Å². The van der Waals surface area contributed by atoms with Crippen molar-refractivity contribution in [2.45, 2.75) is 59.5 Å². The molecule has 0 fully saturated rings. The van der Waals surface area contributed by atoms with E-state index >= 15 is 0 Å². The average molecular weight is 371 g/mol. The van der Waals surface area contributed by atoms with E-state index in [-0.39, 0.29) is 23.5 Å². The lowest BCUT2D eigenvalue weighted by Crippen LogP contribution is -2.37. The Balaban J connectivity index is 3.12. The van der Waals surface area contributed by atoms with Crippen LogP contribution in [0, 0.1) is 0 Å². The smallest absolute Gasteiger partial charge is 0.309 e. The minimum Gasteiger partial charge on any atom is -0.493 e. The third-order valence-electron chi connectivity index (χ3n) is 4.06. The molecule has 1 rings (SSSR count). The van der Waals surface area contributed by atoms with Gasteiger partial charge >= 0.3 is 10.1 Å². The first kappa shape index (κ1) is 21.3. The maximum absolute atomic E-state index is 12.4. The van der Waals surface area contributed by atoms with Crippen LogP contribution in [0.4, 0.5) is 0 Å². The number of methoxy groups -OCH3 is 1. The summed E-state index contributed by atoms with van der Waals surface area (Å²) in [5.41, 5.74) is 0.798. The summed E-state index contributed by atoms with van der Waals surface area (Å²) in [6.45, 7) is 7.94. The first-order valence-electron chi connectivity index (χ1n) is 8.66. The van der Waals surface area contributed by atoms with E-state index in [0.717, 1.165) is 18.4 Å². The second kappa shape index (κ2) is 9.65. The van der Waals surface area contributed by atoms with Gasteiger partial charge in [-0.1, -0.05) is 19.9 Å². The van der Waals surface area contributed by atoms with Crippen LogP contribution in [0.25, 0.3) is 0 Å². The lowest BCUT2D eigenvalue weighted by Gasteiger charge is -2.29. The van der Waals surface area contributed by atoms with Crippen molar-refractivity contribution in [2.75, 3.05) is 12.9 Å². The molecule has 7 heteroatoms. The summed E-state index contributed by atoms with van der Waals surface area (Å²) in [7, 11) is -2.20. The number of benzene rings is 1. The van der Waals surface area contributed by atoms with Crippen LogP contribution < -0.4 is 8.92 Å². The van der Waals surface area contributed by atoms with Crippen LogP contribution in [-0.2, 0) is 21.5 Å². The highest BCUT2D eigenvalue weighted by molar-refractivity contribution is 7.87. The van der Waals surface area contributed by atoms with Gasteiger partial charge in [-0.15, -0.1) is 0 Å². The molecule has 1 amide bonds. The maximum Gasteiger partial charge on any atom is 0.309 e. The molecule has 0 aliphatic heterocycles. The highest BCUT2D eigenvalue weighted by Crippen LogP contribution is 2.30. The minimum atomic E-state index is -3.66. The molecule has 0 aromatic heterocycles. The van der Waals surface area contributed by atoms with Gasteiger partial charge in [-0.05, 0) is 44.4 Å². The van der Waals surface area contributed by atoms with Crippen molar-refractivity contribution < 1.29 is 22.1 Å². The Morgan fingerprint density at radius 2 is 1.88 bits per heavy atom. The van der Waals surface area contributed by atoms with Gasteiger partial charge in [0.25, 0.3) is 0 Å². The van der Waals surface area contributed by atoms with Crippen molar-refractivity contribution in [3.63, 3.8) is 0 Å². The molecule has 0 bridgehead atoms. The van der Waals surface area contributed by atoms with Crippen LogP contribution in [-0.4, -0.2) is 38.1 Å². The molecule has 1 atom stereocenters. The minimum absolute atomic E-state index is 0.0938. The summed E-state index contributed by atoms with van der Waals surface area (Å²) < 4.78 is 33.9. The highest BCUT2D eigenvalue weighted by Gasteiger charge is 2.20. The molecule has 0 saturated heterocycles. The quantitative estimate of drug-likeness (QED) is 0.590. The number of carbonyl (C=O) groups excluding carboxylic acids is 1. The molecular weight excluding hydrogens is 342 g/mol. The standard InChI is InChI=1S/C18H29NO5S/c1-6-9-18(20)19(14(4)7-2)13-15-10-11-16(23-5)17(12-15)24-25(21,22)8-3/h10-12,14H,6-9,13H2,1-5H3. The first-order chi connectivity index (χ1) is 11.8. The number of amides is 1. The summed E-state index contributed by atoms with van der Waals surface area (Å²) in [6, 6.07) is 5.21. The predicted octanol–water partition coefficient (Wildman–Crippen LogP) is 3.35. The Hall–Kier alpha value is -1.76. The molecule has 1 aromatic carbocycles. The molecule has 0 heterocycles. The van der Waals surface area contributed by atoms with Crippen molar-refractivity contribution in [3.05, 3.63) is 23.8 Å². The summed E-state index contributed by atoms with van der Waals surface area (Å²) in [6.07, 6.45) is 2.13. The van der Waals surface area contributed by atoms with Gasteiger partial charge in [0.2, 0.25) is 5.91 Å². The number of nitrogens with zero attached hydrogens (tertiary/aromatic N) is 1. The summed E-state index contributed by atoms with van der Waals surface area (Å²) in [5, 5.41) is 0. The Kier molecular flexibility index (Phi) is 8.22. The van der Waals surface area contributed by atoms with E-state index < -0.39 is 10.1 Å². The first-order valence-corrected chi connectivity index (χ1v) is 10.2. The molecule has 0 radical (unpaired) electrons. The number of hydrogen-bond acceptors (Lipinski definition) is 5. The van der Waals surface area contributed by atoms with E-state index in [9.17, 15) is 13.2 Å². The van der Waals surface area contributed by atoms with Crippen LogP contribution >= 0.6 is 0 Å². The van der Waals surface area contributed by atoms with E-state index in [1.807, 2.05) is 31.7 Å². The van der Waals surface area contributed by atoms with Crippen molar-refractivity contribution in [1.82, 2.24) is 4.90 Å². The van der Waals surface area contributed by atoms with E-state index in [1.54, 1.807) is 12.1 Å². The van der Waals surface area contributed by atoms with Gasteiger partial charge in [0.15, 0.2) is 11.5 Å². The van der Waals surface area contributed by atoms with Gasteiger partial charge < -0.3 is 13.8 Å². The fraction of sp³-hybridized carbons (Fsp3) is 0.611. The third-order valence-corrected chi connectivity index (χ3v) is 5.20. The number of carbonyl (C=O) groups is 1. The Morgan fingerprint density at radius 1 is 1.20 bits per heavy atom. The predicted molar refractivity (Wildman–Crippen MR) is 98.3 cm³/mol.